The summed E-state index contributed by atoms with van der Waals surface area (Å²) >= 11 is 6.04. The predicted molar refractivity (Wildman–Crippen MR) is 105 cm³/mol. The molecule has 0 amide bonds. The van der Waals surface area contributed by atoms with E-state index < -0.39 is 0 Å². The molecule has 3 heteroatoms. The lowest BCUT2D eigenvalue weighted by molar-refractivity contribution is 0.302. The Morgan fingerprint density at radius 1 is 1.04 bits per heavy atom. The van der Waals surface area contributed by atoms with Crippen molar-refractivity contribution in [3.63, 3.8) is 0 Å². The van der Waals surface area contributed by atoms with E-state index in [4.69, 9.17) is 16.3 Å². The molecule has 0 fully saturated rings. The number of para-hydroxylation sites is 1. The van der Waals surface area contributed by atoms with Gasteiger partial charge in [-0.2, -0.15) is 0 Å². The van der Waals surface area contributed by atoms with E-state index in [1.54, 1.807) is 5.57 Å². The van der Waals surface area contributed by atoms with Gasteiger partial charge in [0.25, 0.3) is 0 Å². The van der Waals surface area contributed by atoms with Crippen molar-refractivity contribution in [2.24, 2.45) is 0 Å². The third-order valence-electron chi connectivity index (χ3n) is 4.58. The average molecular weight is 356 g/mol. The van der Waals surface area contributed by atoms with Crippen LogP contribution in [0.15, 0.2) is 60.2 Å². The maximum Gasteiger partial charge on any atom is 0.124 e. The average Bonchev–Trinajstić information content (AvgIpc) is 2.65. The molecule has 0 bridgehead atoms. The largest absolute Gasteiger partial charge is 0.489 e. The Bertz CT molecular complexity index is 711. The van der Waals surface area contributed by atoms with Crippen molar-refractivity contribution in [3.8, 4) is 5.75 Å². The van der Waals surface area contributed by atoms with Gasteiger partial charge in [0.15, 0.2) is 0 Å². The first kappa shape index (κ1) is 18.0. The molecule has 3 rings (SSSR count). The van der Waals surface area contributed by atoms with Gasteiger partial charge in [-0.1, -0.05) is 53.6 Å². The fraction of sp³-hybridized carbons (Fsp3) is 0.364. The van der Waals surface area contributed by atoms with Crippen LogP contribution in [0.4, 0.5) is 0 Å². The van der Waals surface area contributed by atoms with Crippen molar-refractivity contribution in [2.75, 3.05) is 6.54 Å². The Labute approximate surface area is 155 Å². The lowest BCUT2D eigenvalue weighted by Gasteiger charge is -2.14. The molecule has 2 nitrogen and oxygen atoms in total. The lowest BCUT2D eigenvalue weighted by atomic mass is 9.97. The Morgan fingerprint density at radius 3 is 2.80 bits per heavy atom. The van der Waals surface area contributed by atoms with Crippen LogP contribution in [0.1, 0.15) is 43.2 Å². The van der Waals surface area contributed by atoms with E-state index in [1.807, 2.05) is 36.4 Å². The summed E-state index contributed by atoms with van der Waals surface area (Å²) in [6.07, 6.45) is 8.83. The molecule has 0 atom stereocenters. The summed E-state index contributed by atoms with van der Waals surface area (Å²) < 4.78 is 6.02. The summed E-state index contributed by atoms with van der Waals surface area (Å²) in [5, 5.41) is 4.30. The molecule has 1 aliphatic carbocycles. The molecule has 0 aromatic heterocycles. The number of allylic oxidation sites excluding steroid dienone is 1. The molecule has 0 radical (unpaired) electrons. The zero-order valence-corrected chi connectivity index (χ0v) is 15.4. The number of rotatable bonds is 8. The van der Waals surface area contributed by atoms with E-state index in [0.717, 1.165) is 35.8 Å². The van der Waals surface area contributed by atoms with E-state index in [9.17, 15) is 0 Å². The standard InChI is InChI=1S/C22H26ClNO/c23-21-11-6-9-19(15-21)17-25-22-12-5-4-10-20(22)16-24-14-13-18-7-2-1-3-8-18/h4-7,9-12,15,24H,1-3,8,13-14,16-17H2. The molecule has 1 aliphatic rings. The zero-order chi connectivity index (χ0) is 17.3. The molecule has 0 saturated carbocycles. The molecule has 2 aromatic rings. The van der Waals surface area contributed by atoms with Crippen molar-refractivity contribution in [2.45, 2.75) is 45.3 Å². The van der Waals surface area contributed by atoms with Crippen molar-refractivity contribution in [1.82, 2.24) is 5.32 Å². The molecule has 0 heterocycles. The quantitative estimate of drug-likeness (QED) is 0.470. The first-order valence-electron chi connectivity index (χ1n) is 9.15. The Kier molecular flexibility index (Phi) is 6.96. The number of benzene rings is 2. The molecule has 0 aliphatic heterocycles. The number of halogens is 1. The van der Waals surface area contributed by atoms with Crippen LogP contribution in [0.25, 0.3) is 0 Å². The first-order valence-corrected chi connectivity index (χ1v) is 9.53. The normalized spacial score (nSPS) is 14.2. The molecule has 132 valence electrons. The van der Waals surface area contributed by atoms with E-state index >= 15 is 0 Å². The highest BCUT2D eigenvalue weighted by atomic mass is 35.5. The van der Waals surface area contributed by atoms with Crippen molar-refractivity contribution in [1.29, 1.82) is 0 Å². The monoisotopic (exact) mass is 355 g/mol. The molecule has 1 N–H and O–H groups in total. The topological polar surface area (TPSA) is 21.3 Å². The SMILES string of the molecule is Clc1cccc(COc2ccccc2CNCCC2=CCCCC2)c1. The summed E-state index contributed by atoms with van der Waals surface area (Å²) in [4.78, 5) is 0. The van der Waals surface area contributed by atoms with Crippen LogP contribution in [0, 0.1) is 0 Å². The molecule has 25 heavy (non-hydrogen) atoms. The summed E-state index contributed by atoms with van der Waals surface area (Å²) in [5.41, 5.74) is 3.89. The van der Waals surface area contributed by atoms with Crippen LogP contribution in [-0.2, 0) is 13.2 Å². The Hall–Kier alpha value is -1.77. The van der Waals surface area contributed by atoms with Crippen molar-refractivity contribution in [3.05, 3.63) is 76.3 Å². The second kappa shape index (κ2) is 9.65. The number of nitrogens with one attached hydrogen (secondary N) is 1. The minimum absolute atomic E-state index is 0.532. The van der Waals surface area contributed by atoms with E-state index in [2.05, 4.69) is 23.5 Å². The fourth-order valence-electron chi connectivity index (χ4n) is 3.18. The highest BCUT2D eigenvalue weighted by Gasteiger charge is 2.05. The lowest BCUT2D eigenvalue weighted by Crippen LogP contribution is -2.16. The van der Waals surface area contributed by atoms with E-state index in [0.29, 0.717) is 6.61 Å². The van der Waals surface area contributed by atoms with Gasteiger partial charge < -0.3 is 10.1 Å². The van der Waals surface area contributed by atoms with Crippen molar-refractivity contribution < 1.29 is 4.74 Å². The number of hydrogen-bond acceptors (Lipinski definition) is 2. The maximum atomic E-state index is 6.04. The molecule has 0 spiro atoms. The number of hydrogen-bond donors (Lipinski definition) is 1. The zero-order valence-electron chi connectivity index (χ0n) is 14.6. The highest BCUT2D eigenvalue weighted by molar-refractivity contribution is 6.30. The van der Waals surface area contributed by atoms with Gasteiger partial charge in [0.05, 0.1) is 0 Å². The van der Waals surface area contributed by atoms with Crippen LogP contribution in [0.2, 0.25) is 5.02 Å². The maximum absolute atomic E-state index is 6.04. The van der Waals surface area contributed by atoms with Gasteiger partial charge in [0, 0.05) is 17.1 Å². The molecule has 0 unspecified atom stereocenters. The van der Waals surface area contributed by atoms with Gasteiger partial charge in [-0.25, -0.2) is 0 Å². The van der Waals surface area contributed by atoms with Crippen LogP contribution in [0.5, 0.6) is 5.75 Å². The van der Waals surface area contributed by atoms with Gasteiger partial charge in [-0.05, 0) is 62.4 Å². The molecular weight excluding hydrogens is 330 g/mol. The van der Waals surface area contributed by atoms with Gasteiger partial charge in [0.2, 0.25) is 0 Å². The minimum atomic E-state index is 0.532. The first-order chi connectivity index (χ1) is 12.3. The third-order valence-corrected chi connectivity index (χ3v) is 4.81. The fourth-order valence-corrected chi connectivity index (χ4v) is 3.40. The smallest absolute Gasteiger partial charge is 0.124 e. The Balaban J connectivity index is 1.49. The van der Waals surface area contributed by atoms with Crippen LogP contribution in [-0.4, -0.2) is 6.54 Å². The van der Waals surface area contributed by atoms with Crippen LogP contribution in [0.3, 0.4) is 0 Å². The van der Waals surface area contributed by atoms with Crippen LogP contribution >= 0.6 is 11.6 Å². The third kappa shape index (κ3) is 5.91. The van der Waals surface area contributed by atoms with Gasteiger partial charge in [-0.15, -0.1) is 0 Å². The van der Waals surface area contributed by atoms with E-state index in [1.165, 1.54) is 31.2 Å². The molecular formula is C22H26ClNO. The Morgan fingerprint density at radius 2 is 1.96 bits per heavy atom. The van der Waals surface area contributed by atoms with Gasteiger partial charge in [-0.3, -0.25) is 0 Å². The van der Waals surface area contributed by atoms with Gasteiger partial charge in [0.1, 0.15) is 12.4 Å². The van der Waals surface area contributed by atoms with E-state index in [-0.39, 0.29) is 0 Å². The number of ether oxygens (including phenoxy) is 1. The summed E-state index contributed by atoms with van der Waals surface area (Å²) in [6.45, 7) is 2.39. The summed E-state index contributed by atoms with van der Waals surface area (Å²) in [7, 11) is 0. The second-order valence-electron chi connectivity index (χ2n) is 6.56. The molecule has 2 aromatic carbocycles. The van der Waals surface area contributed by atoms with Crippen molar-refractivity contribution >= 4 is 11.6 Å². The molecule has 0 saturated heterocycles. The highest BCUT2D eigenvalue weighted by Crippen LogP contribution is 2.21. The second-order valence-corrected chi connectivity index (χ2v) is 7.00. The predicted octanol–water partition coefficient (Wildman–Crippen LogP) is 5.90. The van der Waals surface area contributed by atoms with Crippen LogP contribution < -0.4 is 10.1 Å². The minimum Gasteiger partial charge on any atom is -0.489 e. The summed E-state index contributed by atoms with van der Waals surface area (Å²) in [6, 6.07) is 16.0. The summed E-state index contributed by atoms with van der Waals surface area (Å²) in [5.74, 6) is 0.937. The van der Waals surface area contributed by atoms with Gasteiger partial charge >= 0.3 is 0 Å².